The fourth-order valence-corrected chi connectivity index (χ4v) is 4.29. The standard InChI is InChI=1S/C19H21ClN2O4S/c1-13(2)12-21-19(23)14-3-8-18-17(11-14)22(9-10-26-18)27(24,25)16-6-4-15(20)5-7-16/h3-8,11,13H,9-10,12H2,1-2H3,(H,21,23). The summed E-state index contributed by atoms with van der Waals surface area (Å²) in [6.45, 7) is 4.94. The number of hydrogen-bond acceptors (Lipinski definition) is 4. The number of ether oxygens (including phenoxy) is 1. The molecule has 0 aliphatic carbocycles. The molecule has 2 aromatic carbocycles. The van der Waals surface area contributed by atoms with Crippen LogP contribution in [0.2, 0.25) is 5.02 Å². The van der Waals surface area contributed by atoms with Crippen molar-refractivity contribution in [2.24, 2.45) is 5.92 Å². The Morgan fingerprint density at radius 3 is 2.59 bits per heavy atom. The largest absolute Gasteiger partial charge is 0.489 e. The van der Waals surface area contributed by atoms with E-state index in [1.54, 1.807) is 18.2 Å². The van der Waals surface area contributed by atoms with Gasteiger partial charge in [-0.3, -0.25) is 9.10 Å². The number of amides is 1. The van der Waals surface area contributed by atoms with Crippen LogP contribution in [0.15, 0.2) is 47.4 Å². The van der Waals surface area contributed by atoms with E-state index in [1.165, 1.54) is 28.6 Å². The number of carbonyl (C=O) groups excluding carboxylic acids is 1. The van der Waals surface area contributed by atoms with Crippen LogP contribution in [0.25, 0.3) is 0 Å². The van der Waals surface area contributed by atoms with Crippen LogP contribution in [0, 0.1) is 5.92 Å². The topological polar surface area (TPSA) is 75.7 Å². The minimum Gasteiger partial charge on any atom is -0.489 e. The second-order valence-corrected chi connectivity index (χ2v) is 8.96. The van der Waals surface area contributed by atoms with Gasteiger partial charge in [0.25, 0.3) is 15.9 Å². The first-order valence-electron chi connectivity index (χ1n) is 8.62. The van der Waals surface area contributed by atoms with Gasteiger partial charge in [0, 0.05) is 17.1 Å². The van der Waals surface area contributed by atoms with Gasteiger partial charge in [-0.25, -0.2) is 8.42 Å². The molecule has 27 heavy (non-hydrogen) atoms. The third-order valence-electron chi connectivity index (χ3n) is 4.11. The zero-order chi connectivity index (χ0) is 19.6. The Morgan fingerprint density at radius 1 is 1.22 bits per heavy atom. The molecule has 0 saturated carbocycles. The molecular weight excluding hydrogens is 388 g/mol. The SMILES string of the molecule is CC(C)CNC(=O)c1ccc2c(c1)N(S(=O)(=O)c1ccc(Cl)cc1)CCO2. The van der Waals surface area contributed by atoms with E-state index in [9.17, 15) is 13.2 Å². The molecule has 1 N–H and O–H groups in total. The van der Waals surface area contributed by atoms with Crippen LogP contribution in [0.3, 0.4) is 0 Å². The molecule has 0 saturated heterocycles. The lowest BCUT2D eigenvalue weighted by atomic mass is 10.1. The smallest absolute Gasteiger partial charge is 0.264 e. The highest BCUT2D eigenvalue weighted by Crippen LogP contribution is 2.36. The molecule has 8 heteroatoms. The van der Waals surface area contributed by atoms with E-state index in [1.807, 2.05) is 13.8 Å². The van der Waals surface area contributed by atoms with Crippen LogP contribution in [0.5, 0.6) is 5.75 Å². The molecule has 1 heterocycles. The number of nitrogens with one attached hydrogen (secondary N) is 1. The monoisotopic (exact) mass is 408 g/mol. The van der Waals surface area contributed by atoms with Crippen molar-refractivity contribution in [2.45, 2.75) is 18.7 Å². The van der Waals surface area contributed by atoms with Gasteiger partial charge < -0.3 is 10.1 Å². The number of fused-ring (bicyclic) bond motifs is 1. The number of sulfonamides is 1. The Balaban J connectivity index is 1.96. The number of benzene rings is 2. The molecule has 0 bridgehead atoms. The van der Waals surface area contributed by atoms with Crippen LogP contribution < -0.4 is 14.4 Å². The Kier molecular flexibility index (Phi) is 5.62. The minimum atomic E-state index is -3.80. The van der Waals surface area contributed by atoms with E-state index >= 15 is 0 Å². The average Bonchev–Trinajstić information content (AvgIpc) is 2.65. The second-order valence-electron chi connectivity index (χ2n) is 6.67. The zero-order valence-electron chi connectivity index (χ0n) is 15.1. The molecule has 1 aliphatic heterocycles. The molecule has 0 radical (unpaired) electrons. The first-order chi connectivity index (χ1) is 12.8. The van der Waals surface area contributed by atoms with E-state index < -0.39 is 10.0 Å². The Morgan fingerprint density at radius 2 is 1.93 bits per heavy atom. The van der Waals surface area contributed by atoms with Crippen LogP contribution in [-0.2, 0) is 10.0 Å². The van der Waals surface area contributed by atoms with Crippen molar-refractivity contribution >= 4 is 33.2 Å². The van der Waals surface area contributed by atoms with Crippen LogP contribution in [0.4, 0.5) is 5.69 Å². The number of halogens is 1. The van der Waals surface area contributed by atoms with Gasteiger partial charge in [0.2, 0.25) is 0 Å². The van der Waals surface area contributed by atoms with Crippen LogP contribution in [-0.4, -0.2) is 34.0 Å². The minimum absolute atomic E-state index is 0.134. The van der Waals surface area contributed by atoms with Crippen molar-refractivity contribution in [3.63, 3.8) is 0 Å². The molecule has 0 aromatic heterocycles. The highest BCUT2D eigenvalue weighted by Gasteiger charge is 2.30. The van der Waals surface area contributed by atoms with Crippen molar-refractivity contribution in [1.82, 2.24) is 5.32 Å². The molecule has 6 nitrogen and oxygen atoms in total. The summed E-state index contributed by atoms with van der Waals surface area (Å²) < 4.78 is 33.0. The molecule has 0 atom stereocenters. The van der Waals surface area contributed by atoms with Crippen LogP contribution >= 0.6 is 11.6 Å². The summed E-state index contributed by atoms with van der Waals surface area (Å²) in [6.07, 6.45) is 0. The van der Waals surface area contributed by atoms with Gasteiger partial charge in [-0.1, -0.05) is 25.4 Å². The molecule has 0 fully saturated rings. The molecule has 3 rings (SSSR count). The predicted molar refractivity (Wildman–Crippen MR) is 105 cm³/mol. The van der Waals surface area contributed by atoms with Crippen molar-refractivity contribution in [2.75, 3.05) is 24.0 Å². The lowest BCUT2D eigenvalue weighted by Crippen LogP contribution is -2.38. The van der Waals surface area contributed by atoms with Gasteiger partial charge in [0.1, 0.15) is 12.4 Å². The Hall–Kier alpha value is -2.25. The third kappa shape index (κ3) is 4.20. The normalized spacial score (nSPS) is 13.9. The molecule has 144 valence electrons. The summed E-state index contributed by atoms with van der Waals surface area (Å²) in [6, 6.07) is 10.8. The summed E-state index contributed by atoms with van der Waals surface area (Å²) in [4.78, 5) is 12.5. The number of nitrogens with zero attached hydrogens (tertiary/aromatic N) is 1. The summed E-state index contributed by atoms with van der Waals surface area (Å²) >= 11 is 5.86. The summed E-state index contributed by atoms with van der Waals surface area (Å²) in [7, 11) is -3.80. The Bertz CT molecular complexity index is 943. The number of rotatable bonds is 5. The molecule has 1 amide bonds. The second kappa shape index (κ2) is 7.78. The maximum Gasteiger partial charge on any atom is 0.264 e. The van der Waals surface area contributed by atoms with Crippen molar-refractivity contribution in [3.05, 3.63) is 53.1 Å². The highest BCUT2D eigenvalue weighted by molar-refractivity contribution is 7.92. The zero-order valence-corrected chi connectivity index (χ0v) is 16.7. The van der Waals surface area contributed by atoms with E-state index in [0.29, 0.717) is 34.5 Å². The molecule has 1 aliphatic rings. The van der Waals surface area contributed by atoms with E-state index in [-0.39, 0.29) is 24.0 Å². The molecule has 0 unspecified atom stereocenters. The van der Waals surface area contributed by atoms with Gasteiger partial charge in [-0.15, -0.1) is 0 Å². The lowest BCUT2D eigenvalue weighted by Gasteiger charge is -2.30. The van der Waals surface area contributed by atoms with Crippen LogP contribution in [0.1, 0.15) is 24.2 Å². The van der Waals surface area contributed by atoms with Gasteiger partial charge in [-0.05, 0) is 48.4 Å². The molecular formula is C19H21ClN2O4S. The molecule has 2 aromatic rings. The fourth-order valence-electron chi connectivity index (χ4n) is 2.72. The van der Waals surface area contributed by atoms with Crippen molar-refractivity contribution in [1.29, 1.82) is 0 Å². The Labute approximate surface area is 164 Å². The first kappa shape index (κ1) is 19.5. The average molecular weight is 409 g/mol. The summed E-state index contributed by atoms with van der Waals surface area (Å²) in [5, 5.41) is 3.29. The number of carbonyl (C=O) groups is 1. The maximum atomic E-state index is 13.1. The van der Waals surface area contributed by atoms with Gasteiger partial charge in [-0.2, -0.15) is 0 Å². The van der Waals surface area contributed by atoms with Crippen molar-refractivity contribution < 1.29 is 17.9 Å². The van der Waals surface area contributed by atoms with Gasteiger partial charge in [0.05, 0.1) is 17.1 Å². The highest BCUT2D eigenvalue weighted by atomic mass is 35.5. The predicted octanol–water partition coefficient (Wildman–Crippen LogP) is 3.31. The van der Waals surface area contributed by atoms with E-state index in [2.05, 4.69) is 5.32 Å². The summed E-state index contributed by atoms with van der Waals surface area (Å²) in [5.41, 5.74) is 0.740. The van der Waals surface area contributed by atoms with E-state index in [4.69, 9.17) is 16.3 Å². The van der Waals surface area contributed by atoms with Gasteiger partial charge >= 0.3 is 0 Å². The lowest BCUT2D eigenvalue weighted by molar-refractivity contribution is 0.0949. The number of anilines is 1. The summed E-state index contributed by atoms with van der Waals surface area (Å²) in [5.74, 6) is 0.497. The maximum absolute atomic E-state index is 13.1. The van der Waals surface area contributed by atoms with Crippen molar-refractivity contribution in [3.8, 4) is 5.75 Å². The third-order valence-corrected chi connectivity index (χ3v) is 6.19. The number of hydrogen-bond donors (Lipinski definition) is 1. The fraction of sp³-hybridized carbons (Fsp3) is 0.316. The first-order valence-corrected chi connectivity index (χ1v) is 10.4. The van der Waals surface area contributed by atoms with E-state index in [0.717, 1.165) is 0 Å². The van der Waals surface area contributed by atoms with Gasteiger partial charge in [0.15, 0.2) is 0 Å². The quantitative estimate of drug-likeness (QED) is 0.823. The molecule has 0 spiro atoms.